The van der Waals surface area contributed by atoms with Gasteiger partial charge in [0.05, 0.1) is 13.1 Å². The number of carbonyl (C=O) groups excluding carboxylic acids is 2. The predicted molar refractivity (Wildman–Crippen MR) is 62.0 cm³/mol. The lowest BCUT2D eigenvalue weighted by Crippen LogP contribution is -2.55. The van der Waals surface area contributed by atoms with E-state index in [-0.39, 0.29) is 30.9 Å². The number of likely N-dealkylation sites (N-methyl/N-ethyl adjacent to an activating group) is 2. The molecule has 16 heavy (non-hydrogen) atoms. The van der Waals surface area contributed by atoms with Gasteiger partial charge in [-0.1, -0.05) is 13.8 Å². The highest BCUT2D eigenvalue weighted by Crippen LogP contribution is 2.05. The van der Waals surface area contributed by atoms with Gasteiger partial charge in [-0.2, -0.15) is 0 Å². The molecule has 92 valence electrons. The average Bonchev–Trinajstić information content (AvgIpc) is 2.25. The summed E-state index contributed by atoms with van der Waals surface area (Å²) in [7, 11) is 1.67. The highest BCUT2D eigenvalue weighted by atomic mass is 16.2. The van der Waals surface area contributed by atoms with E-state index in [9.17, 15) is 9.59 Å². The van der Waals surface area contributed by atoms with Gasteiger partial charge < -0.3 is 15.1 Å². The fourth-order valence-electron chi connectivity index (χ4n) is 1.82. The number of piperazine rings is 1. The molecule has 0 radical (unpaired) electrons. The van der Waals surface area contributed by atoms with E-state index in [1.54, 1.807) is 11.9 Å². The quantitative estimate of drug-likeness (QED) is 0.700. The summed E-state index contributed by atoms with van der Waals surface area (Å²) in [5.41, 5.74) is 0. The van der Waals surface area contributed by atoms with Crippen LogP contribution in [0.5, 0.6) is 0 Å². The zero-order chi connectivity index (χ0) is 12.1. The van der Waals surface area contributed by atoms with Crippen LogP contribution in [0.25, 0.3) is 0 Å². The summed E-state index contributed by atoms with van der Waals surface area (Å²) < 4.78 is 0. The molecule has 1 aliphatic rings. The minimum absolute atomic E-state index is 0.0194. The van der Waals surface area contributed by atoms with Crippen molar-refractivity contribution in [2.24, 2.45) is 0 Å². The molecule has 0 spiro atoms. The van der Waals surface area contributed by atoms with Gasteiger partial charge in [-0.15, -0.1) is 0 Å². The first-order valence-electron chi connectivity index (χ1n) is 5.83. The third-order valence-corrected chi connectivity index (χ3v) is 2.90. The molecule has 1 rings (SSSR count). The molecule has 5 nitrogen and oxygen atoms in total. The molecular weight excluding hydrogens is 206 g/mol. The Balaban J connectivity index is 2.52. The number of carbonyl (C=O) groups is 2. The Morgan fingerprint density at radius 1 is 1.25 bits per heavy atom. The van der Waals surface area contributed by atoms with Crippen molar-refractivity contribution >= 4 is 11.8 Å². The van der Waals surface area contributed by atoms with Crippen molar-refractivity contribution < 1.29 is 9.59 Å². The number of amides is 2. The van der Waals surface area contributed by atoms with Crippen LogP contribution >= 0.6 is 0 Å². The molecule has 1 fully saturated rings. The maximum atomic E-state index is 11.7. The van der Waals surface area contributed by atoms with Crippen LogP contribution < -0.4 is 5.32 Å². The molecule has 2 amide bonds. The Hall–Kier alpha value is -1.10. The van der Waals surface area contributed by atoms with Gasteiger partial charge in [0, 0.05) is 19.6 Å². The standard InChI is InChI=1S/C11H21N3O2/c1-4-9(12-5-2)6-14-8-10(15)13(3)7-11(14)16/h9,12H,4-8H2,1-3H3. The van der Waals surface area contributed by atoms with Gasteiger partial charge in [0.2, 0.25) is 11.8 Å². The van der Waals surface area contributed by atoms with Gasteiger partial charge in [0.1, 0.15) is 0 Å². The maximum absolute atomic E-state index is 11.7. The van der Waals surface area contributed by atoms with E-state index >= 15 is 0 Å². The first kappa shape index (κ1) is 13.0. The van der Waals surface area contributed by atoms with Gasteiger partial charge in [-0.05, 0) is 13.0 Å². The van der Waals surface area contributed by atoms with Crippen molar-refractivity contribution in [1.29, 1.82) is 0 Å². The number of nitrogens with one attached hydrogen (secondary N) is 1. The minimum Gasteiger partial charge on any atom is -0.335 e. The van der Waals surface area contributed by atoms with Crippen LogP contribution in [-0.4, -0.2) is 60.9 Å². The normalized spacial score (nSPS) is 19.2. The van der Waals surface area contributed by atoms with E-state index in [0.717, 1.165) is 13.0 Å². The van der Waals surface area contributed by atoms with Gasteiger partial charge in [0.15, 0.2) is 0 Å². The molecule has 0 saturated carbocycles. The lowest BCUT2D eigenvalue weighted by molar-refractivity contribution is -0.149. The molecule has 1 N–H and O–H groups in total. The zero-order valence-electron chi connectivity index (χ0n) is 10.3. The van der Waals surface area contributed by atoms with Crippen LogP contribution in [-0.2, 0) is 9.59 Å². The molecule has 0 aromatic rings. The first-order chi connectivity index (χ1) is 7.58. The molecule has 1 aliphatic heterocycles. The van der Waals surface area contributed by atoms with Crippen LogP contribution in [0.15, 0.2) is 0 Å². The number of hydrogen-bond donors (Lipinski definition) is 1. The highest BCUT2D eigenvalue weighted by Gasteiger charge is 2.28. The summed E-state index contributed by atoms with van der Waals surface area (Å²) >= 11 is 0. The van der Waals surface area contributed by atoms with Crippen LogP contribution in [0.4, 0.5) is 0 Å². The number of nitrogens with zero attached hydrogens (tertiary/aromatic N) is 2. The van der Waals surface area contributed by atoms with Crippen molar-refractivity contribution in [3.63, 3.8) is 0 Å². The average molecular weight is 227 g/mol. The monoisotopic (exact) mass is 227 g/mol. The van der Waals surface area contributed by atoms with Crippen molar-refractivity contribution in [3.05, 3.63) is 0 Å². The van der Waals surface area contributed by atoms with Crippen molar-refractivity contribution in [1.82, 2.24) is 15.1 Å². The van der Waals surface area contributed by atoms with E-state index in [1.807, 2.05) is 6.92 Å². The highest BCUT2D eigenvalue weighted by molar-refractivity contribution is 5.92. The first-order valence-corrected chi connectivity index (χ1v) is 5.83. The molecule has 0 aliphatic carbocycles. The van der Waals surface area contributed by atoms with Crippen LogP contribution in [0.1, 0.15) is 20.3 Å². The lowest BCUT2D eigenvalue weighted by Gasteiger charge is -2.34. The molecular formula is C11H21N3O2. The Bertz CT molecular complexity index is 268. The largest absolute Gasteiger partial charge is 0.335 e. The summed E-state index contributed by atoms with van der Waals surface area (Å²) in [4.78, 5) is 26.3. The molecule has 0 aromatic carbocycles. The second-order valence-corrected chi connectivity index (χ2v) is 4.19. The van der Waals surface area contributed by atoms with E-state index in [4.69, 9.17) is 0 Å². The summed E-state index contributed by atoms with van der Waals surface area (Å²) in [6.45, 7) is 6.06. The molecule has 1 atom stereocenters. The van der Waals surface area contributed by atoms with Crippen LogP contribution in [0.2, 0.25) is 0 Å². The Morgan fingerprint density at radius 3 is 2.50 bits per heavy atom. The SMILES string of the molecule is CCNC(CC)CN1CC(=O)N(C)CC1=O. The third-order valence-electron chi connectivity index (χ3n) is 2.90. The van der Waals surface area contributed by atoms with E-state index in [2.05, 4.69) is 12.2 Å². The third kappa shape index (κ3) is 3.20. The van der Waals surface area contributed by atoms with Crippen molar-refractivity contribution in [2.75, 3.05) is 33.2 Å². The Kier molecular flexibility index (Phi) is 4.73. The van der Waals surface area contributed by atoms with Gasteiger partial charge in [0.25, 0.3) is 0 Å². The molecule has 1 unspecified atom stereocenters. The van der Waals surface area contributed by atoms with Crippen LogP contribution in [0, 0.1) is 0 Å². The molecule has 0 bridgehead atoms. The Morgan fingerprint density at radius 2 is 1.94 bits per heavy atom. The molecule has 1 heterocycles. The summed E-state index contributed by atoms with van der Waals surface area (Å²) in [5.74, 6) is 0.0596. The number of rotatable bonds is 5. The van der Waals surface area contributed by atoms with Gasteiger partial charge in [-0.25, -0.2) is 0 Å². The fourth-order valence-corrected chi connectivity index (χ4v) is 1.82. The molecule has 1 saturated heterocycles. The van der Waals surface area contributed by atoms with Crippen molar-refractivity contribution in [2.45, 2.75) is 26.3 Å². The van der Waals surface area contributed by atoms with Crippen LogP contribution in [0.3, 0.4) is 0 Å². The van der Waals surface area contributed by atoms with Crippen molar-refractivity contribution in [3.8, 4) is 0 Å². The lowest BCUT2D eigenvalue weighted by atomic mass is 10.2. The summed E-state index contributed by atoms with van der Waals surface area (Å²) in [6, 6.07) is 0.283. The molecule has 5 heteroatoms. The second kappa shape index (κ2) is 5.84. The molecule has 0 aromatic heterocycles. The predicted octanol–water partition coefficient (Wildman–Crippen LogP) is -0.325. The minimum atomic E-state index is 0.0194. The second-order valence-electron chi connectivity index (χ2n) is 4.19. The van der Waals surface area contributed by atoms with Gasteiger partial charge in [-0.3, -0.25) is 9.59 Å². The van der Waals surface area contributed by atoms with E-state index in [0.29, 0.717) is 6.54 Å². The fraction of sp³-hybridized carbons (Fsp3) is 0.818. The maximum Gasteiger partial charge on any atom is 0.242 e. The van der Waals surface area contributed by atoms with Gasteiger partial charge >= 0.3 is 0 Å². The Labute approximate surface area is 96.8 Å². The smallest absolute Gasteiger partial charge is 0.242 e. The zero-order valence-corrected chi connectivity index (χ0v) is 10.3. The van der Waals surface area contributed by atoms with E-state index < -0.39 is 0 Å². The summed E-state index contributed by atoms with van der Waals surface area (Å²) in [5, 5.41) is 3.31. The number of hydrogen-bond acceptors (Lipinski definition) is 3. The summed E-state index contributed by atoms with van der Waals surface area (Å²) in [6.07, 6.45) is 0.960. The topological polar surface area (TPSA) is 52.7 Å². The van der Waals surface area contributed by atoms with E-state index in [1.165, 1.54) is 4.90 Å².